The summed E-state index contributed by atoms with van der Waals surface area (Å²) in [5.41, 5.74) is -2.97. The molecule has 1 heterocycles. The van der Waals surface area contributed by atoms with E-state index in [0.717, 1.165) is 6.07 Å². The van der Waals surface area contributed by atoms with Crippen molar-refractivity contribution in [2.75, 3.05) is 6.26 Å². The molecule has 0 N–H and O–H groups in total. The summed E-state index contributed by atoms with van der Waals surface area (Å²) in [5.74, 6) is 0. The third-order valence-electron chi connectivity index (χ3n) is 2.26. The predicted octanol–water partition coefficient (Wildman–Crippen LogP) is 2.14. The zero-order valence-electron chi connectivity index (χ0n) is 9.95. The van der Waals surface area contributed by atoms with Crippen LogP contribution in [0.1, 0.15) is 18.2 Å². The molecule has 1 atom stereocenters. The lowest BCUT2D eigenvalue weighted by molar-refractivity contribution is -0.247. The molecular formula is C10H12F3NO3S. The fraction of sp³-hybridized carbons (Fsp3) is 0.500. The molecule has 0 aliphatic rings. The van der Waals surface area contributed by atoms with Gasteiger partial charge < -0.3 is 0 Å². The second-order valence-electron chi connectivity index (χ2n) is 4.04. The molecule has 0 aromatic carbocycles. The number of nitrogens with zero attached hydrogens (tertiary/aromatic N) is 1. The van der Waals surface area contributed by atoms with Gasteiger partial charge in [-0.2, -0.15) is 21.6 Å². The summed E-state index contributed by atoms with van der Waals surface area (Å²) in [7, 11) is -4.29. The van der Waals surface area contributed by atoms with Crippen molar-refractivity contribution in [3.8, 4) is 0 Å². The van der Waals surface area contributed by atoms with Crippen LogP contribution in [0.5, 0.6) is 0 Å². The third kappa shape index (κ3) is 3.20. The van der Waals surface area contributed by atoms with Gasteiger partial charge >= 0.3 is 6.18 Å². The van der Waals surface area contributed by atoms with Gasteiger partial charge in [0.05, 0.1) is 11.9 Å². The minimum Gasteiger partial charge on any atom is -0.258 e. The van der Waals surface area contributed by atoms with Gasteiger partial charge in [0.15, 0.2) is 0 Å². The van der Waals surface area contributed by atoms with E-state index in [-0.39, 0.29) is 0 Å². The summed E-state index contributed by atoms with van der Waals surface area (Å²) < 4.78 is 65.3. The number of rotatable bonds is 3. The predicted molar refractivity (Wildman–Crippen MR) is 58.3 cm³/mol. The van der Waals surface area contributed by atoms with Gasteiger partial charge in [-0.15, -0.1) is 0 Å². The second-order valence-corrected chi connectivity index (χ2v) is 5.61. The van der Waals surface area contributed by atoms with Crippen LogP contribution in [0.3, 0.4) is 0 Å². The summed E-state index contributed by atoms with van der Waals surface area (Å²) in [6.07, 6.45) is -3.18. The van der Waals surface area contributed by atoms with E-state index in [2.05, 4.69) is 9.17 Å². The highest BCUT2D eigenvalue weighted by Gasteiger charge is 2.57. The molecule has 0 spiro atoms. The van der Waals surface area contributed by atoms with E-state index in [0.29, 0.717) is 18.7 Å². The Kier molecular flexibility index (Phi) is 3.73. The minimum atomic E-state index is -4.91. The monoisotopic (exact) mass is 283 g/mol. The zero-order valence-corrected chi connectivity index (χ0v) is 10.8. The second kappa shape index (κ2) is 4.51. The fourth-order valence-corrected chi connectivity index (χ4v) is 2.12. The number of hydrogen-bond donors (Lipinski definition) is 0. The van der Waals surface area contributed by atoms with Gasteiger partial charge in [0.25, 0.3) is 10.1 Å². The van der Waals surface area contributed by atoms with E-state index in [1.165, 1.54) is 12.3 Å². The Balaban J connectivity index is 3.39. The molecule has 0 bridgehead atoms. The fourth-order valence-electron chi connectivity index (χ4n) is 1.33. The first-order valence-corrected chi connectivity index (χ1v) is 6.68. The molecule has 8 heteroatoms. The van der Waals surface area contributed by atoms with Crippen LogP contribution in [-0.4, -0.2) is 25.8 Å². The van der Waals surface area contributed by atoms with Gasteiger partial charge in [-0.3, -0.25) is 4.98 Å². The lowest BCUT2D eigenvalue weighted by atomic mass is 10.00. The smallest absolute Gasteiger partial charge is 0.258 e. The highest BCUT2D eigenvalue weighted by molar-refractivity contribution is 7.86. The van der Waals surface area contributed by atoms with Crippen molar-refractivity contribution >= 4 is 10.1 Å². The van der Waals surface area contributed by atoms with Crippen molar-refractivity contribution in [1.82, 2.24) is 4.98 Å². The molecule has 4 nitrogen and oxygen atoms in total. The molecule has 18 heavy (non-hydrogen) atoms. The molecule has 1 rings (SSSR count). The number of halogens is 3. The molecule has 0 saturated carbocycles. The van der Waals surface area contributed by atoms with Crippen LogP contribution in [0.15, 0.2) is 18.3 Å². The van der Waals surface area contributed by atoms with E-state index in [1.54, 1.807) is 6.92 Å². The molecule has 0 aliphatic carbocycles. The zero-order chi connectivity index (χ0) is 14.2. The normalized spacial score (nSPS) is 16.3. The molecule has 1 aromatic rings. The van der Waals surface area contributed by atoms with E-state index in [4.69, 9.17) is 0 Å². The van der Waals surface area contributed by atoms with Gasteiger partial charge in [-0.05, 0) is 31.5 Å². The van der Waals surface area contributed by atoms with Gasteiger partial charge in [0.2, 0.25) is 5.60 Å². The van der Waals surface area contributed by atoms with Crippen molar-refractivity contribution in [3.63, 3.8) is 0 Å². The van der Waals surface area contributed by atoms with Crippen LogP contribution >= 0.6 is 0 Å². The summed E-state index contributed by atoms with van der Waals surface area (Å²) in [4.78, 5) is 3.55. The molecule has 0 saturated heterocycles. The minimum absolute atomic E-state index is 0.500. The highest BCUT2D eigenvalue weighted by Crippen LogP contribution is 2.42. The van der Waals surface area contributed by atoms with Gasteiger partial charge in [0.1, 0.15) is 0 Å². The van der Waals surface area contributed by atoms with Crippen molar-refractivity contribution in [1.29, 1.82) is 0 Å². The number of alkyl halides is 3. The quantitative estimate of drug-likeness (QED) is 0.798. The van der Waals surface area contributed by atoms with E-state index >= 15 is 0 Å². The molecule has 0 aliphatic heterocycles. The van der Waals surface area contributed by atoms with Crippen molar-refractivity contribution in [2.24, 2.45) is 0 Å². The maximum absolute atomic E-state index is 13.0. The molecule has 1 aromatic heterocycles. The molecule has 0 radical (unpaired) electrons. The Hall–Kier alpha value is -1.15. The van der Waals surface area contributed by atoms with Crippen molar-refractivity contribution in [3.05, 3.63) is 29.6 Å². The van der Waals surface area contributed by atoms with Crippen LogP contribution in [0.25, 0.3) is 0 Å². The van der Waals surface area contributed by atoms with Crippen molar-refractivity contribution in [2.45, 2.75) is 25.6 Å². The number of pyridine rings is 1. The van der Waals surface area contributed by atoms with E-state index in [9.17, 15) is 21.6 Å². The lowest BCUT2D eigenvalue weighted by Crippen LogP contribution is -2.44. The summed E-state index contributed by atoms with van der Waals surface area (Å²) >= 11 is 0. The lowest BCUT2D eigenvalue weighted by Gasteiger charge is -2.30. The largest absolute Gasteiger partial charge is 0.424 e. The topological polar surface area (TPSA) is 56.3 Å². The number of aryl methyl sites for hydroxylation is 1. The van der Waals surface area contributed by atoms with Gasteiger partial charge in [-0.25, -0.2) is 4.18 Å². The van der Waals surface area contributed by atoms with Crippen molar-refractivity contribution < 1.29 is 25.8 Å². The Labute approximate surface area is 103 Å². The Morgan fingerprint density at radius 1 is 1.33 bits per heavy atom. The first-order valence-electron chi connectivity index (χ1n) is 4.86. The maximum Gasteiger partial charge on any atom is 0.424 e. The summed E-state index contributed by atoms with van der Waals surface area (Å²) in [6, 6.07) is 2.64. The Morgan fingerprint density at radius 3 is 2.28 bits per heavy atom. The average Bonchev–Trinajstić information content (AvgIpc) is 2.13. The summed E-state index contributed by atoms with van der Waals surface area (Å²) in [5, 5.41) is 0. The van der Waals surface area contributed by atoms with E-state index < -0.39 is 27.6 Å². The third-order valence-corrected chi connectivity index (χ3v) is 2.90. The van der Waals surface area contributed by atoms with Gasteiger partial charge in [-0.1, -0.05) is 0 Å². The highest BCUT2D eigenvalue weighted by atomic mass is 32.2. The first kappa shape index (κ1) is 14.9. The van der Waals surface area contributed by atoms with Crippen LogP contribution in [0.4, 0.5) is 13.2 Å². The number of hydrogen-bond acceptors (Lipinski definition) is 4. The summed E-state index contributed by atoms with van der Waals surface area (Å²) in [6.45, 7) is 2.21. The van der Waals surface area contributed by atoms with Crippen LogP contribution in [0, 0.1) is 6.92 Å². The molecule has 0 unspecified atom stereocenters. The molecule has 102 valence electrons. The van der Waals surface area contributed by atoms with E-state index in [1.807, 2.05) is 0 Å². The first-order chi connectivity index (χ1) is 7.96. The standard InChI is InChI=1S/C10H12F3NO3S/c1-7-4-5-14-8(6-7)9(2,10(11,12)13)17-18(3,15)16/h4-6H,1-3H3/t9-/m1/s1. The Morgan fingerprint density at radius 2 is 1.89 bits per heavy atom. The molecular weight excluding hydrogens is 271 g/mol. The Bertz CT molecular complexity index is 542. The molecule has 0 amide bonds. The average molecular weight is 283 g/mol. The molecule has 0 fully saturated rings. The van der Waals surface area contributed by atoms with Crippen LogP contribution < -0.4 is 0 Å². The SMILES string of the molecule is Cc1ccnc([C@@](C)(OS(C)(=O)=O)C(F)(F)F)c1. The van der Waals surface area contributed by atoms with Crippen LogP contribution in [0.2, 0.25) is 0 Å². The van der Waals surface area contributed by atoms with Gasteiger partial charge in [0, 0.05) is 6.20 Å². The maximum atomic E-state index is 13.0. The van der Waals surface area contributed by atoms with Crippen LogP contribution in [-0.2, 0) is 19.9 Å². The number of aromatic nitrogens is 1.